The fourth-order valence-corrected chi connectivity index (χ4v) is 1.87. The molecule has 17 heavy (non-hydrogen) atoms. The molecule has 0 radical (unpaired) electrons. The van der Waals surface area contributed by atoms with E-state index in [0.29, 0.717) is 0 Å². The summed E-state index contributed by atoms with van der Waals surface area (Å²) < 4.78 is 0. The number of nitrogens with two attached hydrogens (primary N) is 1. The van der Waals surface area contributed by atoms with Crippen LogP contribution in [0.25, 0.3) is 0 Å². The molecule has 1 unspecified atom stereocenters. The molecule has 2 aromatic heterocycles. The van der Waals surface area contributed by atoms with Crippen molar-refractivity contribution < 1.29 is 0 Å². The molecule has 2 heterocycles. The van der Waals surface area contributed by atoms with Gasteiger partial charge in [-0.15, -0.1) is 0 Å². The van der Waals surface area contributed by atoms with Crippen LogP contribution in [-0.4, -0.2) is 9.97 Å². The Morgan fingerprint density at radius 1 is 1.29 bits per heavy atom. The van der Waals surface area contributed by atoms with Gasteiger partial charge in [-0.3, -0.25) is 15.8 Å². The fourth-order valence-electron chi connectivity index (χ4n) is 1.87. The van der Waals surface area contributed by atoms with Crippen molar-refractivity contribution in [1.29, 1.82) is 0 Å². The molecular formula is C13H16N4. The lowest BCUT2D eigenvalue weighted by Gasteiger charge is -2.17. The Hall–Kier alpha value is -1.78. The van der Waals surface area contributed by atoms with E-state index >= 15 is 0 Å². The van der Waals surface area contributed by atoms with Crippen molar-refractivity contribution in [3.63, 3.8) is 0 Å². The van der Waals surface area contributed by atoms with Crippen LogP contribution in [0.2, 0.25) is 0 Å². The molecule has 2 rings (SSSR count). The van der Waals surface area contributed by atoms with Crippen LogP contribution in [-0.2, 0) is 0 Å². The van der Waals surface area contributed by atoms with E-state index in [1.54, 1.807) is 6.20 Å². The van der Waals surface area contributed by atoms with E-state index in [9.17, 15) is 0 Å². The van der Waals surface area contributed by atoms with Gasteiger partial charge in [-0.1, -0.05) is 12.1 Å². The predicted octanol–water partition coefficient (Wildman–Crippen LogP) is 1.65. The summed E-state index contributed by atoms with van der Waals surface area (Å²) in [5.41, 5.74) is 6.97. The molecule has 0 amide bonds. The van der Waals surface area contributed by atoms with Crippen LogP contribution >= 0.6 is 0 Å². The molecule has 0 aromatic carbocycles. The maximum Gasteiger partial charge on any atom is 0.0899 e. The van der Waals surface area contributed by atoms with Gasteiger partial charge in [0.1, 0.15) is 0 Å². The zero-order valence-corrected chi connectivity index (χ0v) is 10.0. The molecule has 0 spiro atoms. The van der Waals surface area contributed by atoms with E-state index in [1.807, 2.05) is 38.4 Å². The van der Waals surface area contributed by atoms with Crippen molar-refractivity contribution in [3.8, 4) is 0 Å². The summed E-state index contributed by atoms with van der Waals surface area (Å²) in [6.07, 6.45) is 5.41. The van der Waals surface area contributed by atoms with Crippen LogP contribution in [0.3, 0.4) is 0 Å². The van der Waals surface area contributed by atoms with Crippen molar-refractivity contribution in [2.24, 2.45) is 5.84 Å². The Labute approximate surface area is 101 Å². The minimum absolute atomic E-state index is 0.122. The molecule has 88 valence electrons. The van der Waals surface area contributed by atoms with E-state index in [2.05, 4.69) is 21.5 Å². The molecular weight excluding hydrogens is 212 g/mol. The second-order valence-corrected chi connectivity index (χ2v) is 4.10. The molecule has 0 saturated carbocycles. The van der Waals surface area contributed by atoms with Gasteiger partial charge in [0.15, 0.2) is 0 Å². The number of aromatic nitrogens is 2. The molecule has 4 heteroatoms. The van der Waals surface area contributed by atoms with Gasteiger partial charge in [-0.05, 0) is 36.6 Å². The van der Waals surface area contributed by atoms with Crippen molar-refractivity contribution in [1.82, 2.24) is 15.4 Å². The van der Waals surface area contributed by atoms with E-state index in [0.717, 1.165) is 22.4 Å². The third-order valence-corrected chi connectivity index (χ3v) is 2.72. The average Bonchev–Trinajstić information content (AvgIpc) is 2.33. The number of nitrogens with zero attached hydrogens (tertiary/aromatic N) is 2. The second kappa shape index (κ2) is 5.03. The Bertz CT molecular complexity index is 510. The van der Waals surface area contributed by atoms with E-state index < -0.39 is 0 Å². The first-order valence-corrected chi connectivity index (χ1v) is 5.51. The van der Waals surface area contributed by atoms with Crippen molar-refractivity contribution in [2.45, 2.75) is 19.9 Å². The lowest BCUT2D eigenvalue weighted by molar-refractivity contribution is 0.614. The van der Waals surface area contributed by atoms with Crippen LogP contribution in [0.5, 0.6) is 0 Å². The number of rotatable bonds is 3. The Balaban J connectivity index is 2.44. The third-order valence-electron chi connectivity index (χ3n) is 2.72. The lowest BCUT2D eigenvalue weighted by atomic mass is 10.0. The van der Waals surface area contributed by atoms with Crippen molar-refractivity contribution in [2.75, 3.05) is 0 Å². The van der Waals surface area contributed by atoms with E-state index in [4.69, 9.17) is 5.84 Å². The van der Waals surface area contributed by atoms with Gasteiger partial charge in [0.2, 0.25) is 0 Å². The number of aryl methyl sites for hydroxylation is 2. The zero-order chi connectivity index (χ0) is 12.3. The highest BCUT2D eigenvalue weighted by molar-refractivity contribution is 5.31. The molecule has 2 aromatic rings. The van der Waals surface area contributed by atoms with Crippen LogP contribution in [0.15, 0.2) is 36.8 Å². The van der Waals surface area contributed by atoms with Gasteiger partial charge in [0, 0.05) is 18.6 Å². The molecule has 0 bridgehead atoms. The van der Waals surface area contributed by atoms with Crippen LogP contribution in [0.4, 0.5) is 0 Å². The average molecular weight is 228 g/mol. The molecule has 0 aliphatic heterocycles. The molecule has 4 nitrogen and oxygen atoms in total. The van der Waals surface area contributed by atoms with Gasteiger partial charge in [-0.2, -0.15) is 0 Å². The lowest BCUT2D eigenvalue weighted by Crippen LogP contribution is -2.30. The molecule has 0 aliphatic rings. The summed E-state index contributed by atoms with van der Waals surface area (Å²) in [6, 6.07) is 5.88. The fraction of sp³-hybridized carbons (Fsp3) is 0.231. The third kappa shape index (κ3) is 2.49. The van der Waals surface area contributed by atoms with Gasteiger partial charge in [-0.25, -0.2) is 5.43 Å². The SMILES string of the molecule is Cc1cncc(C(NN)c2ncccc2C)c1. The van der Waals surface area contributed by atoms with Gasteiger partial charge >= 0.3 is 0 Å². The summed E-state index contributed by atoms with van der Waals surface area (Å²) in [7, 11) is 0. The first-order valence-electron chi connectivity index (χ1n) is 5.51. The van der Waals surface area contributed by atoms with Crippen LogP contribution < -0.4 is 11.3 Å². The Kier molecular flexibility index (Phi) is 3.46. The number of hydrogen-bond donors (Lipinski definition) is 2. The molecule has 0 aliphatic carbocycles. The normalized spacial score (nSPS) is 12.4. The second-order valence-electron chi connectivity index (χ2n) is 4.10. The topological polar surface area (TPSA) is 63.8 Å². The first kappa shape index (κ1) is 11.7. The smallest absolute Gasteiger partial charge is 0.0899 e. The van der Waals surface area contributed by atoms with Crippen molar-refractivity contribution >= 4 is 0 Å². The predicted molar refractivity (Wildman–Crippen MR) is 67.1 cm³/mol. The van der Waals surface area contributed by atoms with Gasteiger partial charge in [0.05, 0.1) is 11.7 Å². The van der Waals surface area contributed by atoms with Crippen LogP contribution in [0, 0.1) is 13.8 Å². The number of hydrogen-bond acceptors (Lipinski definition) is 4. The molecule has 1 atom stereocenters. The van der Waals surface area contributed by atoms with Gasteiger partial charge < -0.3 is 0 Å². The maximum absolute atomic E-state index is 5.64. The van der Waals surface area contributed by atoms with Crippen LogP contribution in [0.1, 0.15) is 28.4 Å². The number of hydrazine groups is 1. The monoisotopic (exact) mass is 228 g/mol. The van der Waals surface area contributed by atoms with E-state index in [-0.39, 0.29) is 6.04 Å². The van der Waals surface area contributed by atoms with Gasteiger partial charge in [0.25, 0.3) is 0 Å². The zero-order valence-electron chi connectivity index (χ0n) is 10.0. The maximum atomic E-state index is 5.64. The summed E-state index contributed by atoms with van der Waals surface area (Å²) in [4.78, 5) is 8.57. The summed E-state index contributed by atoms with van der Waals surface area (Å²) >= 11 is 0. The number of nitrogens with one attached hydrogen (secondary N) is 1. The molecule has 3 N–H and O–H groups in total. The molecule has 0 fully saturated rings. The first-order chi connectivity index (χ1) is 8.22. The number of pyridine rings is 2. The summed E-state index contributed by atoms with van der Waals surface area (Å²) in [5, 5.41) is 0. The molecule has 0 saturated heterocycles. The largest absolute Gasteiger partial charge is 0.271 e. The Morgan fingerprint density at radius 2 is 2.12 bits per heavy atom. The standard InChI is InChI=1S/C13H16N4/c1-9-6-11(8-15-7-9)13(17-14)12-10(2)4-3-5-16-12/h3-8,13,17H,14H2,1-2H3. The Morgan fingerprint density at radius 3 is 2.76 bits per heavy atom. The van der Waals surface area contributed by atoms with Crippen molar-refractivity contribution in [3.05, 3.63) is 59.2 Å². The quantitative estimate of drug-likeness (QED) is 0.619. The summed E-state index contributed by atoms with van der Waals surface area (Å²) in [6.45, 7) is 4.03. The minimum Gasteiger partial charge on any atom is -0.271 e. The highest BCUT2D eigenvalue weighted by Gasteiger charge is 2.16. The highest BCUT2D eigenvalue weighted by atomic mass is 15.2. The minimum atomic E-state index is -0.122. The van der Waals surface area contributed by atoms with E-state index in [1.165, 1.54) is 0 Å². The summed E-state index contributed by atoms with van der Waals surface area (Å²) in [5.74, 6) is 5.64. The highest BCUT2D eigenvalue weighted by Crippen LogP contribution is 2.21.